The lowest BCUT2D eigenvalue weighted by molar-refractivity contribution is -0.144. The van der Waals surface area contributed by atoms with Gasteiger partial charge in [-0.05, 0) is 49.4 Å². The van der Waals surface area contributed by atoms with Gasteiger partial charge in [-0.1, -0.05) is 12.1 Å². The predicted molar refractivity (Wildman–Crippen MR) is 113 cm³/mol. The van der Waals surface area contributed by atoms with E-state index in [0.717, 1.165) is 11.1 Å². The molecule has 3 aromatic rings. The van der Waals surface area contributed by atoms with Crippen LogP contribution in [-0.4, -0.2) is 42.6 Å². The number of aromatic nitrogens is 3. The van der Waals surface area contributed by atoms with Gasteiger partial charge >= 0.3 is 5.97 Å². The lowest BCUT2D eigenvalue weighted by Crippen LogP contribution is -2.49. The minimum Gasteiger partial charge on any atom is -0.508 e. The molecule has 1 aromatic carbocycles. The van der Waals surface area contributed by atoms with Crippen molar-refractivity contribution in [2.45, 2.75) is 36.9 Å². The number of aromatic hydroxyl groups is 1. The molecule has 0 radical (unpaired) electrons. The van der Waals surface area contributed by atoms with Crippen molar-refractivity contribution >= 4 is 17.8 Å². The lowest BCUT2D eigenvalue weighted by Gasteiger charge is -2.40. The molecule has 1 aliphatic carbocycles. The van der Waals surface area contributed by atoms with E-state index in [1.807, 2.05) is 0 Å². The van der Waals surface area contributed by atoms with E-state index in [-0.39, 0.29) is 24.5 Å². The van der Waals surface area contributed by atoms with Gasteiger partial charge in [0.2, 0.25) is 5.95 Å². The highest BCUT2D eigenvalue weighted by Gasteiger charge is 2.53. The smallest absolute Gasteiger partial charge is 0.341 e. The summed E-state index contributed by atoms with van der Waals surface area (Å²) >= 11 is 0. The molecule has 0 bridgehead atoms. The molecule has 1 fully saturated rings. The number of fused-ring (bicyclic) bond motifs is 2. The maximum absolute atomic E-state index is 12.8. The number of benzene rings is 1. The molecular formula is C23H20N4O5. The molecule has 0 saturated heterocycles. The number of aliphatic hydroxyl groups is 1. The molecule has 2 aromatic heterocycles. The molecule has 0 unspecified atom stereocenters. The summed E-state index contributed by atoms with van der Waals surface area (Å²) in [5.41, 5.74) is 0.143. The Morgan fingerprint density at radius 2 is 1.78 bits per heavy atom. The van der Waals surface area contributed by atoms with Gasteiger partial charge in [0.05, 0.1) is 5.56 Å². The molecule has 3 N–H and O–H groups in total. The van der Waals surface area contributed by atoms with Gasteiger partial charge in [0.25, 0.3) is 5.91 Å². The number of carbonyl (C=O) groups excluding carboxylic acids is 2. The van der Waals surface area contributed by atoms with Crippen LogP contribution < -0.4 is 5.32 Å². The summed E-state index contributed by atoms with van der Waals surface area (Å²) in [6, 6.07) is 8.42. The number of nitrogens with one attached hydrogen (secondary N) is 1. The highest BCUT2D eigenvalue weighted by Crippen LogP contribution is 2.49. The lowest BCUT2D eigenvalue weighted by atomic mass is 9.72. The number of amides is 1. The van der Waals surface area contributed by atoms with Crippen molar-refractivity contribution in [2.24, 2.45) is 0 Å². The van der Waals surface area contributed by atoms with Gasteiger partial charge in [-0.15, -0.1) is 0 Å². The van der Waals surface area contributed by atoms with Crippen LogP contribution in [0.1, 0.15) is 41.6 Å². The van der Waals surface area contributed by atoms with E-state index in [1.165, 1.54) is 18.6 Å². The van der Waals surface area contributed by atoms with E-state index in [1.54, 1.807) is 36.5 Å². The second kappa shape index (κ2) is 7.38. The fourth-order valence-corrected chi connectivity index (χ4v) is 4.35. The van der Waals surface area contributed by atoms with Crippen LogP contribution >= 0.6 is 0 Å². The summed E-state index contributed by atoms with van der Waals surface area (Å²) in [5, 5.41) is 23.2. The minimum absolute atomic E-state index is 0.0660. The average molecular weight is 432 g/mol. The Morgan fingerprint density at radius 3 is 2.50 bits per heavy atom. The predicted octanol–water partition coefficient (Wildman–Crippen LogP) is 2.55. The summed E-state index contributed by atoms with van der Waals surface area (Å²) in [4.78, 5) is 37.3. The van der Waals surface area contributed by atoms with Crippen molar-refractivity contribution < 1.29 is 24.5 Å². The molecule has 9 heteroatoms. The largest absolute Gasteiger partial charge is 0.508 e. The van der Waals surface area contributed by atoms with Crippen molar-refractivity contribution in [3.8, 4) is 16.9 Å². The third kappa shape index (κ3) is 3.36. The van der Waals surface area contributed by atoms with Gasteiger partial charge in [-0.25, -0.2) is 14.8 Å². The molecule has 1 amide bonds. The Hall–Kier alpha value is -3.85. The first-order chi connectivity index (χ1) is 15.4. The van der Waals surface area contributed by atoms with Gasteiger partial charge < -0.3 is 14.9 Å². The summed E-state index contributed by atoms with van der Waals surface area (Å²) in [6.45, 7) is 0. The van der Waals surface area contributed by atoms with Crippen LogP contribution in [0.3, 0.4) is 0 Å². The number of ether oxygens (including phenoxy) is 1. The second-order valence-electron chi connectivity index (χ2n) is 8.14. The first kappa shape index (κ1) is 20.1. The second-order valence-corrected chi connectivity index (χ2v) is 8.14. The fourth-order valence-electron chi connectivity index (χ4n) is 4.35. The number of pyridine rings is 1. The third-order valence-corrected chi connectivity index (χ3v) is 6.18. The number of esters is 1. The minimum atomic E-state index is -1.62. The molecule has 1 saturated carbocycles. The normalized spacial score (nSPS) is 24.1. The molecule has 5 rings (SSSR count). The van der Waals surface area contributed by atoms with E-state index in [4.69, 9.17) is 4.74 Å². The number of anilines is 1. The van der Waals surface area contributed by atoms with Crippen molar-refractivity contribution in [3.05, 3.63) is 66.2 Å². The molecule has 3 heterocycles. The summed E-state index contributed by atoms with van der Waals surface area (Å²) in [7, 11) is 0. The van der Waals surface area contributed by atoms with Crippen LogP contribution in [-0.2, 0) is 15.1 Å². The van der Waals surface area contributed by atoms with Crippen LogP contribution in [0.15, 0.2) is 55.1 Å². The molecule has 162 valence electrons. The maximum atomic E-state index is 12.8. The van der Waals surface area contributed by atoms with Crippen LogP contribution in [0.4, 0.5) is 5.95 Å². The van der Waals surface area contributed by atoms with E-state index < -0.39 is 23.1 Å². The Balaban J connectivity index is 1.27. The quantitative estimate of drug-likeness (QED) is 0.538. The van der Waals surface area contributed by atoms with Crippen molar-refractivity contribution in [2.75, 3.05) is 5.32 Å². The molecule has 9 nitrogen and oxygen atoms in total. The van der Waals surface area contributed by atoms with E-state index in [0.29, 0.717) is 24.0 Å². The summed E-state index contributed by atoms with van der Waals surface area (Å²) < 4.78 is 5.65. The topological polar surface area (TPSA) is 135 Å². The number of rotatable bonds is 3. The van der Waals surface area contributed by atoms with E-state index in [2.05, 4.69) is 20.3 Å². The average Bonchev–Trinajstić information content (AvgIpc) is 3.08. The van der Waals surface area contributed by atoms with Crippen LogP contribution in [0.5, 0.6) is 5.75 Å². The summed E-state index contributed by atoms with van der Waals surface area (Å²) in [5.74, 6) is -0.833. The number of carbonyl (C=O) groups is 2. The standard InChI is InChI=1S/C23H20N4O5/c28-16-3-1-2-14(10-16)15-11-25-21(26-12-15)27-20(30)22(31)5-7-23(8-6-22)18-4-9-24-13-17(18)19(29)32-23/h1-4,9-13,28,31H,5-8H2,(H,25,26,27,30)/t22-,23-. The van der Waals surface area contributed by atoms with Crippen LogP contribution in [0.2, 0.25) is 0 Å². The molecule has 1 aliphatic heterocycles. The Labute approximate surface area is 183 Å². The van der Waals surface area contributed by atoms with Gasteiger partial charge in [-0.2, -0.15) is 0 Å². The zero-order valence-electron chi connectivity index (χ0n) is 17.0. The van der Waals surface area contributed by atoms with Crippen molar-refractivity contribution in [3.63, 3.8) is 0 Å². The van der Waals surface area contributed by atoms with Gasteiger partial charge in [-0.3, -0.25) is 15.1 Å². The van der Waals surface area contributed by atoms with Crippen molar-refractivity contribution in [1.29, 1.82) is 0 Å². The van der Waals surface area contributed by atoms with E-state index in [9.17, 15) is 19.8 Å². The molecular weight excluding hydrogens is 412 g/mol. The van der Waals surface area contributed by atoms with Crippen LogP contribution in [0, 0.1) is 0 Å². The van der Waals surface area contributed by atoms with Crippen molar-refractivity contribution in [1.82, 2.24) is 15.0 Å². The SMILES string of the molecule is O=C1O[C@]2(CC[C@@](O)(C(=O)Nc3ncc(-c4cccc(O)c4)cn3)CC2)c2ccncc21. The summed E-state index contributed by atoms with van der Waals surface area (Å²) in [6.07, 6.45) is 7.02. The van der Waals surface area contributed by atoms with Crippen LogP contribution in [0.25, 0.3) is 11.1 Å². The number of nitrogens with zero attached hydrogens (tertiary/aromatic N) is 3. The number of phenolic OH excluding ortho intramolecular Hbond substituents is 1. The molecule has 0 atom stereocenters. The van der Waals surface area contributed by atoms with Gasteiger partial charge in [0.15, 0.2) is 0 Å². The third-order valence-electron chi connectivity index (χ3n) is 6.18. The molecule has 2 aliphatic rings. The molecule has 1 spiro atoms. The molecule has 32 heavy (non-hydrogen) atoms. The zero-order valence-corrected chi connectivity index (χ0v) is 17.0. The Kier molecular flexibility index (Phi) is 4.63. The first-order valence-corrected chi connectivity index (χ1v) is 10.2. The fraction of sp³-hybridized carbons (Fsp3) is 0.261. The number of phenols is 1. The first-order valence-electron chi connectivity index (χ1n) is 10.2. The number of hydrogen-bond donors (Lipinski definition) is 3. The van der Waals surface area contributed by atoms with Gasteiger partial charge in [0, 0.05) is 35.9 Å². The monoisotopic (exact) mass is 432 g/mol. The zero-order chi connectivity index (χ0) is 22.3. The number of hydrogen-bond acceptors (Lipinski definition) is 8. The van der Waals surface area contributed by atoms with Gasteiger partial charge in [0.1, 0.15) is 17.0 Å². The Bertz CT molecular complexity index is 1200. The highest BCUT2D eigenvalue weighted by atomic mass is 16.6. The van der Waals surface area contributed by atoms with E-state index >= 15 is 0 Å². The maximum Gasteiger partial charge on any atom is 0.341 e. The highest BCUT2D eigenvalue weighted by molar-refractivity contribution is 5.96. The Morgan fingerprint density at radius 1 is 1.03 bits per heavy atom.